The standard InChI is InChI=1S/C30H33ClF3N5S/c1-2-23(20-6-4-3-5-7-20)26-17-40-28(36-26)25-16-39(27-24(25)15-35-29(31)37-27)22-9-8-21(14-22)19-10-12-38(13-11-19)18-30(32,33)34/h3-7,15-17,19,21-23H,2,8-14,18H2,1H3. The zero-order valence-corrected chi connectivity index (χ0v) is 24.0. The third kappa shape index (κ3) is 5.78. The number of alkyl halides is 3. The number of hydrogen-bond donors (Lipinski definition) is 0. The molecule has 2 aliphatic rings. The number of fused-ring (bicyclic) bond motifs is 1. The summed E-state index contributed by atoms with van der Waals surface area (Å²) in [7, 11) is 0. The Morgan fingerprint density at radius 2 is 1.82 bits per heavy atom. The van der Waals surface area contributed by atoms with Crippen molar-refractivity contribution in [3.63, 3.8) is 0 Å². The Kier molecular flexibility index (Phi) is 7.90. The molecule has 1 aromatic carbocycles. The van der Waals surface area contributed by atoms with E-state index in [-0.39, 0.29) is 17.2 Å². The van der Waals surface area contributed by atoms with E-state index in [1.165, 1.54) is 5.56 Å². The van der Waals surface area contributed by atoms with Gasteiger partial charge < -0.3 is 4.57 Å². The van der Waals surface area contributed by atoms with Crippen LogP contribution in [0.4, 0.5) is 13.2 Å². The number of hydrogen-bond acceptors (Lipinski definition) is 5. The first-order valence-electron chi connectivity index (χ1n) is 14.1. The van der Waals surface area contributed by atoms with Gasteiger partial charge in [0.25, 0.3) is 0 Å². The predicted octanol–water partition coefficient (Wildman–Crippen LogP) is 8.37. The number of aromatic nitrogens is 4. The summed E-state index contributed by atoms with van der Waals surface area (Å²) in [5.41, 5.74) is 4.19. The van der Waals surface area contributed by atoms with Crippen LogP contribution in [0.1, 0.15) is 68.7 Å². The zero-order chi connectivity index (χ0) is 27.9. The molecule has 3 aromatic heterocycles. The van der Waals surface area contributed by atoms with Gasteiger partial charge in [-0.3, -0.25) is 4.90 Å². The second kappa shape index (κ2) is 11.4. The number of nitrogens with zero attached hydrogens (tertiary/aromatic N) is 5. The van der Waals surface area contributed by atoms with Crippen molar-refractivity contribution in [2.24, 2.45) is 11.8 Å². The van der Waals surface area contributed by atoms with Crippen LogP contribution in [0, 0.1) is 11.8 Å². The average Bonchev–Trinajstić information content (AvgIpc) is 3.68. The van der Waals surface area contributed by atoms with Crippen LogP contribution in [0.5, 0.6) is 0 Å². The molecule has 1 saturated heterocycles. The van der Waals surface area contributed by atoms with E-state index >= 15 is 0 Å². The van der Waals surface area contributed by atoms with Crippen molar-refractivity contribution in [3.8, 4) is 10.6 Å². The van der Waals surface area contributed by atoms with Crippen LogP contribution < -0.4 is 0 Å². The second-order valence-corrected chi connectivity index (χ2v) is 12.4. The smallest absolute Gasteiger partial charge is 0.329 e. The Morgan fingerprint density at radius 3 is 2.55 bits per heavy atom. The highest BCUT2D eigenvalue weighted by Gasteiger charge is 2.37. The van der Waals surface area contributed by atoms with Crippen molar-refractivity contribution >= 4 is 34.0 Å². The maximum absolute atomic E-state index is 12.8. The molecule has 5 nitrogen and oxygen atoms in total. The second-order valence-electron chi connectivity index (χ2n) is 11.2. The summed E-state index contributed by atoms with van der Waals surface area (Å²) in [6, 6.07) is 10.8. The van der Waals surface area contributed by atoms with Crippen LogP contribution in [0.25, 0.3) is 21.6 Å². The SMILES string of the molecule is CCC(c1ccccc1)c1csc(-c2cn(C3CCC(C4CCN(CC(F)(F)F)CC4)C3)c3nc(Cl)ncc23)n1. The maximum atomic E-state index is 12.8. The summed E-state index contributed by atoms with van der Waals surface area (Å²) in [5, 5.41) is 4.28. The molecule has 3 atom stereocenters. The number of likely N-dealkylation sites (tertiary alicyclic amines) is 1. The molecule has 1 aliphatic carbocycles. The molecular formula is C30H33ClF3N5S. The molecule has 0 spiro atoms. The van der Waals surface area contributed by atoms with Crippen LogP contribution in [0.3, 0.4) is 0 Å². The fourth-order valence-corrected chi connectivity index (χ4v) is 7.86. The summed E-state index contributed by atoms with van der Waals surface area (Å²) in [5.74, 6) is 1.22. The summed E-state index contributed by atoms with van der Waals surface area (Å²) in [4.78, 5) is 15.6. The van der Waals surface area contributed by atoms with Crippen LogP contribution in [-0.2, 0) is 0 Å². The lowest BCUT2D eigenvalue weighted by molar-refractivity contribution is -0.149. The molecule has 10 heteroatoms. The molecule has 0 amide bonds. The topological polar surface area (TPSA) is 46.8 Å². The molecule has 3 unspecified atom stereocenters. The quantitative estimate of drug-likeness (QED) is 0.204. The summed E-state index contributed by atoms with van der Waals surface area (Å²) >= 11 is 7.91. The highest BCUT2D eigenvalue weighted by Crippen LogP contribution is 2.45. The monoisotopic (exact) mass is 587 g/mol. The minimum atomic E-state index is -4.13. The van der Waals surface area contributed by atoms with Crippen molar-refractivity contribution in [2.75, 3.05) is 19.6 Å². The van der Waals surface area contributed by atoms with E-state index < -0.39 is 12.7 Å². The first kappa shape index (κ1) is 27.7. The molecule has 212 valence electrons. The molecule has 6 rings (SSSR count). The van der Waals surface area contributed by atoms with Gasteiger partial charge in [0, 0.05) is 40.7 Å². The molecule has 4 heterocycles. The molecule has 2 fully saturated rings. The van der Waals surface area contributed by atoms with Gasteiger partial charge in [0.05, 0.1) is 12.2 Å². The third-order valence-electron chi connectivity index (χ3n) is 8.80. The first-order chi connectivity index (χ1) is 19.3. The van der Waals surface area contributed by atoms with Gasteiger partial charge in [0.1, 0.15) is 10.7 Å². The number of piperidine rings is 1. The fraction of sp³-hybridized carbons (Fsp3) is 0.500. The summed E-state index contributed by atoms with van der Waals surface area (Å²) in [6.45, 7) is 2.45. The lowest BCUT2D eigenvalue weighted by Gasteiger charge is -2.35. The Hall–Kier alpha value is -2.49. The number of benzene rings is 1. The average molecular weight is 588 g/mol. The van der Waals surface area contributed by atoms with Crippen molar-refractivity contribution in [1.82, 2.24) is 24.4 Å². The van der Waals surface area contributed by atoms with E-state index in [9.17, 15) is 13.2 Å². The zero-order valence-electron chi connectivity index (χ0n) is 22.4. The van der Waals surface area contributed by atoms with Crippen molar-refractivity contribution < 1.29 is 13.2 Å². The van der Waals surface area contributed by atoms with Gasteiger partial charge in [-0.15, -0.1) is 11.3 Å². The fourth-order valence-electron chi connectivity index (χ4n) is 6.84. The van der Waals surface area contributed by atoms with E-state index in [4.69, 9.17) is 16.6 Å². The minimum absolute atomic E-state index is 0.222. The van der Waals surface area contributed by atoms with Crippen molar-refractivity contribution in [2.45, 2.75) is 63.6 Å². The molecule has 4 aromatic rings. The molecule has 0 radical (unpaired) electrons. The van der Waals surface area contributed by atoms with Gasteiger partial charge in [-0.25, -0.2) is 9.97 Å². The highest BCUT2D eigenvalue weighted by molar-refractivity contribution is 7.13. The first-order valence-corrected chi connectivity index (χ1v) is 15.4. The van der Waals surface area contributed by atoms with E-state index in [0.29, 0.717) is 24.9 Å². The third-order valence-corrected chi connectivity index (χ3v) is 9.88. The Labute approximate surface area is 241 Å². The minimum Gasteiger partial charge on any atom is -0.329 e. The molecule has 40 heavy (non-hydrogen) atoms. The van der Waals surface area contributed by atoms with Crippen LogP contribution in [-0.4, -0.2) is 50.2 Å². The molecule has 1 saturated carbocycles. The Balaban J connectivity index is 1.23. The lowest BCUT2D eigenvalue weighted by atomic mass is 9.83. The number of thiazole rings is 1. The van der Waals surface area contributed by atoms with Crippen LogP contribution in [0.2, 0.25) is 5.28 Å². The van der Waals surface area contributed by atoms with Crippen LogP contribution in [0.15, 0.2) is 48.1 Å². The molecular weight excluding hydrogens is 555 g/mol. The van der Waals surface area contributed by atoms with Gasteiger partial charge in [-0.1, -0.05) is 37.3 Å². The molecule has 0 N–H and O–H groups in total. The maximum Gasteiger partial charge on any atom is 0.401 e. The van der Waals surface area contributed by atoms with Gasteiger partial charge in [0.15, 0.2) is 0 Å². The lowest BCUT2D eigenvalue weighted by Crippen LogP contribution is -2.41. The predicted molar refractivity (Wildman–Crippen MR) is 154 cm³/mol. The van der Waals surface area contributed by atoms with Gasteiger partial charge in [0.2, 0.25) is 5.28 Å². The van der Waals surface area contributed by atoms with E-state index in [0.717, 1.165) is 65.8 Å². The number of rotatable bonds is 7. The van der Waals surface area contributed by atoms with Crippen molar-refractivity contribution in [3.05, 3.63) is 64.6 Å². The van der Waals surface area contributed by atoms with Crippen molar-refractivity contribution in [1.29, 1.82) is 0 Å². The van der Waals surface area contributed by atoms with Crippen LogP contribution >= 0.6 is 22.9 Å². The molecule has 0 bridgehead atoms. The van der Waals surface area contributed by atoms with E-state index in [2.05, 4.69) is 57.3 Å². The van der Waals surface area contributed by atoms with Gasteiger partial charge >= 0.3 is 6.18 Å². The summed E-state index contributed by atoms with van der Waals surface area (Å²) in [6.07, 6.45) is 5.58. The van der Waals surface area contributed by atoms with E-state index in [1.807, 2.05) is 6.07 Å². The van der Waals surface area contributed by atoms with Gasteiger partial charge in [-0.05, 0) is 80.6 Å². The molecule has 1 aliphatic heterocycles. The summed E-state index contributed by atoms with van der Waals surface area (Å²) < 4.78 is 40.7. The number of halogens is 4. The van der Waals surface area contributed by atoms with E-state index in [1.54, 1.807) is 22.4 Å². The highest BCUT2D eigenvalue weighted by atomic mass is 35.5. The Morgan fingerprint density at radius 1 is 1.05 bits per heavy atom. The Bertz CT molecular complexity index is 1440. The van der Waals surface area contributed by atoms with Gasteiger partial charge in [-0.2, -0.15) is 18.2 Å². The largest absolute Gasteiger partial charge is 0.401 e. The normalized spacial score (nSPS) is 21.8.